The normalized spacial score (nSPS) is 28.9. The van der Waals surface area contributed by atoms with Crippen LogP contribution in [0.5, 0.6) is 0 Å². The van der Waals surface area contributed by atoms with E-state index < -0.39 is 0 Å². The number of aromatic nitrogens is 1. The molecular weight excluding hydrogens is 208 g/mol. The Kier molecular flexibility index (Phi) is 2.78. The second-order valence-electron chi connectivity index (χ2n) is 5.94. The van der Waals surface area contributed by atoms with Gasteiger partial charge < -0.3 is 9.88 Å². The molecule has 2 nitrogen and oxygen atoms in total. The number of aryl methyl sites for hydroxylation is 1. The molecule has 2 aliphatic rings. The second kappa shape index (κ2) is 4.16. The van der Waals surface area contributed by atoms with Gasteiger partial charge in [-0.25, -0.2) is 0 Å². The summed E-state index contributed by atoms with van der Waals surface area (Å²) in [5.41, 5.74) is 6.10. The van der Waals surface area contributed by atoms with Gasteiger partial charge in [-0.1, -0.05) is 6.92 Å². The van der Waals surface area contributed by atoms with E-state index in [4.69, 9.17) is 0 Å². The van der Waals surface area contributed by atoms with Crippen LogP contribution >= 0.6 is 0 Å². The second-order valence-corrected chi connectivity index (χ2v) is 5.94. The zero-order valence-electron chi connectivity index (χ0n) is 11.3. The molecule has 0 amide bonds. The highest BCUT2D eigenvalue weighted by Gasteiger charge is 2.34. The topological polar surface area (TPSA) is 19.0 Å². The standard InChI is InChI=1S/C15H24N2/c1-4-17-6-5-12-8-15-14(7-13(12)9-17)10(2)11(3)16-15/h12-13,16H,4-9H2,1-3H3/t12?,13-/m0/s1. The predicted molar refractivity (Wildman–Crippen MR) is 71.4 cm³/mol. The van der Waals surface area contributed by atoms with Crippen LogP contribution in [0.2, 0.25) is 0 Å². The summed E-state index contributed by atoms with van der Waals surface area (Å²) in [6.07, 6.45) is 4.01. The molecule has 0 saturated carbocycles. The molecule has 0 bridgehead atoms. The number of hydrogen-bond acceptors (Lipinski definition) is 1. The summed E-state index contributed by atoms with van der Waals surface area (Å²) in [4.78, 5) is 6.24. The van der Waals surface area contributed by atoms with Crippen LogP contribution in [0.15, 0.2) is 0 Å². The Hall–Kier alpha value is -0.760. The van der Waals surface area contributed by atoms with Crippen molar-refractivity contribution in [2.45, 2.75) is 40.0 Å². The van der Waals surface area contributed by atoms with E-state index in [1.165, 1.54) is 50.2 Å². The lowest BCUT2D eigenvalue weighted by molar-refractivity contribution is 0.116. The summed E-state index contributed by atoms with van der Waals surface area (Å²) < 4.78 is 0. The molecule has 1 aliphatic carbocycles. The highest BCUT2D eigenvalue weighted by Crippen LogP contribution is 2.37. The van der Waals surface area contributed by atoms with Crippen molar-refractivity contribution >= 4 is 0 Å². The lowest BCUT2D eigenvalue weighted by Crippen LogP contribution is -2.43. The van der Waals surface area contributed by atoms with Gasteiger partial charge in [-0.05, 0) is 69.2 Å². The summed E-state index contributed by atoms with van der Waals surface area (Å²) in [6, 6.07) is 0. The smallest absolute Gasteiger partial charge is 0.0187 e. The van der Waals surface area contributed by atoms with Crippen LogP contribution < -0.4 is 0 Å². The number of rotatable bonds is 1. The molecule has 2 heteroatoms. The minimum Gasteiger partial charge on any atom is -0.362 e. The Morgan fingerprint density at radius 3 is 2.82 bits per heavy atom. The van der Waals surface area contributed by atoms with Gasteiger partial charge in [-0.2, -0.15) is 0 Å². The van der Waals surface area contributed by atoms with Crippen LogP contribution in [0, 0.1) is 25.7 Å². The maximum atomic E-state index is 3.61. The number of nitrogens with zero attached hydrogens (tertiary/aromatic N) is 1. The lowest BCUT2D eigenvalue weighted by Gasteiger charge is -2.41. The maximum Gasteiger partial charge on any atom is 0.0187 e. The first-order valence-electron chi connectivity index (χ1n) is 7.08. The van der Waals surface area contributed by atoms with Crippen molar-refractivity contribution in [1.82, 2.24) is 9.88 Å². The van der Waals surface area contributed by atoms with Gasteiger partial charge >= 0.3 is 0 Å². The third kappa shape index (κ3) is 1.83. The fraction of sp³-hybridized carbons (Fsp3) is 0.733. The summed E-state index contributed by atoms with van der Waals surface area (Å²) in [5, 5.41) is 0. The quantitative estimate of drug-likeness (QED) is 0.789. The van der Waals surface area contributed by atoms with Crippen molar-refractivity contribution in [1.29, 1.82) is 0 Å². The monoisotopic (exact) mass is 232 g/mol. The average Bonchev–Trinajstić information content (AvgIpc) is 2.62. The highest BCUT2D eigenvalue weighted by atomic mass is 15.1. The summed E-state index contributed by atoms with van der Waals surface area (Å²) in [5.74, 6) is 1.84. The number of aromatic amines is 1. The molecule has 0 spiro atoms. The number of likely N-dealkylation sites (tertiary alicyclic amines) is 1. The third-order valence-corrected chi connectivity index (χ3v) is 5.07. The number of H-pyrrole nitrogens is 1. The lowest BCUT2D eigenvalue weighted by atomic mass is 9.74. The molecule has 0 radical (unpaired) electrons. The molecule has 2 heterocycles. The van der Waals surface area contributed by atoms with Gasteiger partial charge in [-0.3, -0.25) is 0 Å². The van der Waals surface area contributed by atoms with Gasteiger partial charge in [0.1, 0.15) is 0 Å². The van der Waals surface area contributed by atoms with Gasteiger partial charge in [-0.15, -0.1) is 0 Å². The fourth-order valence-corrected chi connectivity index (χ4v) is 3.77. The molecule has 1 aromatic rings. The van der Waals surface area contributed by atoms with Gasteiger partial charge in [0.05, 0.1) is 0 Å². The predicted octanol–water partition coefficient (Wildman–Crippen LogP) is 2.69. The number of nitrogens with one attached hydrogen (secondary N) is 1. The molecule has 1 unspecified atom stereocenters. The van der Waals surface area contributed by atoms with Gasteiger partial charge in [0.25, 0.3) is 0 Å². The Morgan fingerprint density at radius 2 is 2.06 bits per heavy atom. The SMILES string of the molecule is CCN1CCC2Cc3[nH]c(C)c(C)c3C[C@H]2C1. The molecule has 3 rings (SSSR count). The van der Waals surface area contributed by atoms with Crippen LogP contribution in [0.4, 0.5) is 0 Å². The first-order chi connectivity index (χ1) is 8.19. The Labute approximate surface area is 104 Å². The van der Waals surface area contributed by atoms with Crippen molar-refractivity contribution < 1.29 is 0 Å². The maximum absolute atomic E-state index is 3.61. The molecule has 1 aliphatic heterocycles. The van der Waals surface area contributed by atoms with Crippen LogP contribution in [0.25, 0.3) is 0 Å². The molecule has 94 valence electrons. The summed E-state index contributed by atoms with van der Waals surface area (Å²) >= 11 is 0. The van der Waals surface area contributed by atoms with Gasteiger partial charge in [0.15, 0.2) is 0 Å². The van der Waals surface area contributed by atoms with Crippen molar-refractivity contribution in [2.75, 3.05) is 19.6 Å². The van der Waals surface area contributed by atoms with E-state index in [1.54, 1.807) is 11.3 Å². The van der Waals surface area contributed by atoms with E-state index >= 15 is 0 Å². The fourth-order valence-electron chi connectivity index (χ4n) is 3.77. The van der Waals surface area contributed by atoms with Gasteiger partial charge in [0, 0.05) is 17.9 Å². The van der Waals surface area contributed by atoms with Gasteiger partial charge in [0.2, 0.25) is 0 Å². The number of fused-ring (bicyclic) bond motifs is 2. The van der Waals surface area contributed by atoms with E-state index in [0.717, 1.165) is 11.8 Å². The van der Waals surface area contributed by atoms with Crippen LogP contribution in [-0.4, -0.2) is 29.5 Å². The van der Waals surface area contributed by atoms with Crippen molar-refractivity contribution in [3.05, 3.63) is 22.5 Å². The summed E-state index contributed by atoms with van der Waals surface area (Å²) in [7, 11) is 0. The van der Waals surface area contributed by atoms with Crippen LogP contribution in [0.1, 0.15) is 35.9 Å². The van der Waals surface area contributed by atoms with E-state index in [9.17, 15) is 0 Å². The zero-order valence-corrected chi connectivity index (χ0v) is 11.3. The van der Waals surface area contributed by atoms with Crippen molar-refractivity contribution in [3.8, 4) is 0 Å². The minimum absolute atomic E-state index is 0.907. The Balaban J connectivity index is 1.85. The highest BCUT2D eigenvalue weighted by molar-refractivity contribution is 5.38. The van der Waals surface area contributed by atoms with Crippen LogP contribution in [0.3, 0.4) is 0 Å². The molecular formula is C15H24N2. The molecule has 1 aromatic heterocycles. The number of hydrogen-bond donors (Lipinski definition) is 1. The van der Waals surface area contributed by atoms with Crippen molar-refractivity contribution in [3.63, 3.8) is 0 Å². The van der Waals surface area contributed by atoms with E-state index in [2.05, 4.69) is 30.7 Å². The molecule has 17 heavy (non-hydrogen) atoms. The minimum atomic E-state index is 0.907. The van der Waals surface area contributed by atoms with Crippen LogP contribution in [-0.2, 0) is 12.8 Å². The van der Waals surface area contributed by atoms with E-state index in [0.29, 0.717) is 0 Å². The first-order valence-corrected chi connectivity index (χ1v) is 7.08. The van der Waals surface area contributed by atoms with E-state index in [-0.39, 0.29) is 0 Å². The van der Waals surface area contributed by atoms with E-state index in [1.807, 2.05) is 0 Å². The largest absolute Gasteiger partial charge is 0.362 e. The molecule has 1 fully saturated rings. The average molecular weight is 232 g/mol. The first kappa shape index (κ1) is 11.3. The Bertz CT molecular complexity index is 419. The number of piperidine rings is 1. The molecule has 2 atom stereocenters. The van der Waals surface area contributed by atoms with Crippen molar-refractivity contribution in [2.24, 2.45) is 11.8 Å². The molecule has 1 saturated heterocycles. The third-order valence-electron chi connectivity index (χ3n) is 5.07. The molecule has 1 N–H and O–H groups in total. The zero-order chi connectivity index (χ0) is 12.0. The molecule has 0 aromatic carbocycles. The summed E-state index contributed by atoms with van der Waals surface area (Å²) in [6.45, 7) is 10.7. The Morgan fingerprint density at radius 1 is 1.24 bits per heavy atom.